The SMILES string of the molecule is O=C1/C(=C/c2ccc(-c3ccc(F)cc3F)o2)SC(=S)N1c1cccc([N+](=O)[O-])c1. The molecule has 6 nitrogen and oxygen atoms in total. The summed E-state index contributed by atoms with van der Waals surface area (Å²) in [6.45, 7) is 0. The molecule has 4 rings (SSSR count). The van der Waals surface area contributed by atoms with Gasteiger partial charge in [0.15, 0.2) is 4.32 Å². The van der Waals surface area contributed by atoms with Gasteiger partial charge in [0.2, 0.25) is 0 Å². The molecule has 2 heterocycles. The summed E-state index contributed by atoms with van der Waals surface area (Å²) in [5, 5.41) is 11.0. The number of hydrogen-bond acceptors (Lipinski definition) is 6. The van der Waals surface area contributed by atoms with Gasteiger partial charge in [-0.25, -0.2) is 8.78 Å². The van der Waals surface area contributed by atoms with E-state index in [0.29, 0.717) is 0 Å². The molecule has 1 fully saturated rings. The maximum absolute atomic E-state index is 13.9. The van der Waals surface area contributed by atoms with Crippen molar-refractivity contribution < 1.29 is 22.9 Å². The number of nitrogens with zero attached hydrogens (tertiary/aromatic N) is 2. The van der Waals surface area contributed by atoms with Crippen LogP contribution < -0.4 is 4.90 Å². The highest BCUT2D eigenvalue weighted by Gasteiger charge is 2.34. The van der Waals surface area contributed by atoms with E-state index >= 15 is 0 Å². The monoisotopic (exact) mass is 444 g/mol. The average molecular weight is 444 g/mol. The number of anilines is 1. The Balaban J connectivity index is 1.62. The van der Waals surface area contributed by atoms with Crippen LogP contribution in [0.15, 0.2) is 63.9 Å². The second-order valence-corrected chi connectivity index (χ2v) is 7.80. The van der Waals surface area contributed by atoms with Crippen molar-refractivity contribution in [1.82, 2.24) is 0 Å². The van der Waals surface area contributed by atoms with Gasteiger partial charge in [0.05, 0.1) is 21.1 Å². The molecular formula is C20H10F2N2O4S2. The van der Waals surface area contributed by atoms with E-state index in [2.05, 4.69) is 0 Å². The fraction of sp³-hybridized carbons (Fsp3) is 0. The van der Waals surface area contributed by atoms with E-state index in [0.717, 1.165) is 23.9 Å². The lowest BCUT2D eigenvalue weighted by atomic mass is 10.1. The van der Waals surface area contributed by atoms with Gasteiger partial charge < -0.3 is 4.42 Å². The third-order valence-electron chi connectivity index (χ3n) is 4.19. The molecule has 0 aliphatic carbocycles. The zero-order chi connectivity index (χ0) is 21.4. The number of thioether (sulfide) groups is 1. The van der Waals surface area contributed by atoms with Crippen LogP contribution in [0.1, 0.15) is 5.76 Å². The van der Waals surface area contributed by atoms with Gasteiger partial charge in [-0.2, -0.15) is 0 Å². The Morgan fingerprint density at radius 2 is 1.93 bits per heavy atom. The van der Waals surface area contributed by atoms with Crippen molar-refractivity contribution in [2.45, 2.75) is 0 Å². The van der Waals surface area contributed by atoms with E-state index in [1.807, 2.05) is 0 Å². The number of carbonyl (C=O) groups is 1. The molecule has 3 aromatic rings. The van der Waals surface area contributed by atoms with Gasteiger partial charge in [0, 0.05) is 24.3 Å². The molecule has 0 unspecified atom stereocenters. The maximum atomic E-state index is 13.9. The number of halogens is 2. The van der Waals surface area contributed by atoms with Crippen molar-refractivity contribution in [2.75, 3.05) is 4.90 Å². The number of benzene rings is 2. The molecule has 0 saturated carbocycles. The molecule has 150 valence electrons. The molecule has 1 aromatic heterocycles. The Morgan fingerprint density at radius 3 is 2.67 bits per heavy atom. The highest BCUT2D eigenvalue weighted by atomic mass is 32.2. The van der Waals surface area contributed by atoms with Crippen LogP contribution >= 0.6 is 24.0 Å². The molecule has 1 saturated heterocycles. The molecule has 2 aromatic carbocycles. The first-order valence-electron chi connectivity index (χ1n) is 8.41. The quantitative estimate of drug-likeness (QED) is 0.228. The average Bonchev–Trinajstić information content (AvgIpc) is 3.26. The number of thiocarbonyl (C=S) groups is 1. The number of rotatable bonds is 4. The first-order valence-corrected chi connectivity index (χ1v) is 9.63. The summed E-state index contributed by atoms with van der Waals surface area (Å²) >= 11 is 6.27. The summed E-state index contributed by atoms with van der Waals surface area (Å²) in [5.41, 5.74) is 0.200. The Morgan fingerprint density at radius 1 is 1.13 bits per heavy atom. The van der Waals surface area contributed by atoms with Crippen LogP contribution in [0, 0.1) is 21.7 Å². The molecule has 1 aliphatic heterocycles. The maximum Gasteiger partial charge on any atom is 0.271 e. The van der Waals surface area contributed by atoms with Gasteiger partial charge in [0.1, 0.15) is 23.2 Å². The summed E-state index contributed by atoms with van der Waals surface area (Å²) < 4.78 is 32.8. The van der Waals surface area contributed by atoms with Gasteiger partial charge in [-0.1, -0.05) is 30.0 Å². The minimum Gasteiger partial charge on any atom is -0.457 e. The number of nitro groups is 1. The van der Waals surface area contributed by atoms with Gasteiger partial charge >= 0.3 is 0 Å². The molecule has 1 amide bonds. The van der Waals surface area contributed by atoms with Gasteiger partial charge in [-0.15, -0.1) is 0 Å². The molecule has 0 radical (unpaired) electrons. The van der Waals surface area contributed by atoms with E-state index in [1.165, 1.54) is 47.4 Å². The Labute approximate surface area is 177 Å². The fourth-order valence-electron chi connectivity index (χ4n) is 2.83. The lowest BCUT2D eigenvalue weighted by Gasteiger charge is -2.13. The minimum atomic E-state index is -0.770. The van der Waals surface area contributed by atoms with Crippen LogP contribution in [0.3, 0.4) is 0 Å². The minimum absolute atomic E-state index is 0.0835. The van der Waals surface area contributed by atoms with Crippen LogP contribution in [0.5, 0.6) is 0 Å². The van der Waals surface area contributed by atoms with Crippen LogP contribution in [0.4, 0.5) is 20.2 Å². The second-order valence-electron chi connectivity index (χ2n) is 6.12. The zero-order valence-electron chi connectivity index (χ0n) is 14.9. The van der Waals surface area contributed by atoms with E-state index in [-0.39, 0.29) is 37.7 Å². The van der Waals surface area contributed by atoms with E-state index < -0.39 is 22.5 Å². The summed E-state index contributed by atoms with van der Waals surface area (Å²) in [7, 11) is 0. The van der Waals surface area contributed by atoms with Crippen LogP contribution in [0.2, 0.25) is 0 Å². The number of non-ortho nitro benzene ring substituents is 1. The van der Waals surface area contributed by atoms with Crippen molar-refractivity contribution in [3.05, 3.63) is 87.0 Å². The normalized spacial score (nSPS) is 15.3. The Kier molecular flexibility index (Phi) is 5.18. The third-order valence-corrected chi connectivity index (χ3v) is 5.49. The number of carbonyl (C=O) groups excluding carboxylic acids is 1. The standard InChI is InChI=1S/C20H10F2N2O4S2/c21-11-4-6-15(16(22)8-11)17-7-5-14(28-17)10-18-19(25)23(20(29)30-18)12-2-1-3-13(9-12)24(26)27/h1-10H/b18-10-. The van der Waals surface area contributed by atoms with Crippen LogP contribution in [0.25, 0.3) is 17.4 Å². The zero-order valence-corrected chi connectivity index (χ0v) is 16.5. The molecule has 0 N–H and O–H groups in total. The van der Waals surface area contributed by atoms with Crippen LogP contribution in [-0.4, -0.2) is 15.2 Å². The third kappa shape index (κ3) is 3.74. The van der Waals surface area contributed by atoms with Crippen molar-refractivity contribution in [3.63, 3.8) is 0 Å². The largest absolute Gasteiger partial charge is 0.457 e. The summed E-state index contributed by atoms with van der Waals surface area (Å²) in [6.07, 6.45) is 1.45. The van der Waals surface area contributed by atoms with Gasteiger partial charge in [0.25, 0.3) is 11.6 Å². The highest BCUT2D eigenvalue weighted by molar-refractivity contribution is 8.27. The Bertz CT molecular complexity index is 1240. The van der Waals surface area contributed by atoms with E-state index in [1.54, 1.807) is 6.07 Å². The smallest absolute Gasteiger partial charge is 0.271 e. The lowest BCUT2D eigenvalue weighted by molar-refractivity contribution is -0.384. The predicted octanol–water partition coefficient (Wildman–Crippen LogP) is 5.54. The molecular weight excluding hydrogens is 434 g/mol. The Hall–Kier alpha value is -3.37. The molecule has 10 heteroatoms. The highest BCUT2D eigenvalue weighted by Crippen LogP contribution is 2.37. The molecule has 0 atom stereocenters. The van der Waals surface area contributed by atoms with E-state index in [4.69, 9.17) is 16.6 Å². The van der Waals surface area contributed by atoms with Crippen LogP contribution in [-0.2, 0) is 4.79 Å². The van der Waals surface area contributed by atoms with Gasteiger partial charge in [-0.05, 0) is 30.3 Å². The van der Waals surface area contributed by atoms with E-state index in [9.17, 15) is 23.7 Å². The predicted molar refractivity (Wildman–Crippen MR) is 113 cm³/mol. The molecule has 0 bridgehead atoms. The first kappa shape index (κ1) is 19.9. The fourth-order valence-corrected chi connectivity index (χ4v) is 4.11. The van der Waals surface area contributed by atoms with Crippen molar-refractivity contribution >= 4 is 51.7 Å². The number of amides is 1. The summed E-state index contributed by atoms with van der Waals surface area (Å²) in [5.74, 6) is -1.49. The second kappa shape index (κ2) is 7.81. The number of furan rings is 1. The van der Waals surface area contributed by atoms with Crippen molar-refractivity contribution in [2.24, 2.45) is 0 Å². The topological polar surface area (TPSA) is 76.6 Å². The van der Waals surface area contributed by atoms with Crippen molar-refractivity contribution in [3.8, 4) is 11.3 Å². The summed E-state index contributed by atoms with van der Waals surface area (Å²) in [4.78, 5) is 24.7. The molecule has 30 heavy (non-hydrogen) atoms. The molecule has 0 spiro atoms. The van der Waals surface area contributed by atoms with Gasteiger partial charge in [-0.3, -0.25) is 19.8 Å². The number of nitro benzene ring substituents is 1. The number of hydrogen-bond donors (Lipinski definition) is 0. The lowest BCUT2D eigenvalue weighted by Crippen LogP contribution is -2.27. The molecule has 1 aliphatic rings. The van der Waals surface area contributed by atoms with Crippen molar-refractivity contribution in [1.29, 1.82) is 0 Å². The first-order chi connectivity index (χ1) is 14.3. The summed E-state index contributed by atoms with van der Waals surface area (Å²) in [6, 6.07) is 11.8.